The van der Waals surface area contributed by atoms with Crippen molar-refractivity contribution in [2.45, 2.75) is 19.4 Å². The van der Waals surface area contributed by atoms with Crippen molar-refractivity contribution in [1.82, 2.24) is 4.98 Å². The molecule has 25 heavy (non-hydrogen) atoms. The van der Waals surface area contributed by atoms with E-state index in [2.05, 4.69) is 11.9 Å². The predicted molar refractivity (Wildman–Crippen MR) is 99.6 cm³/mol. The summed E-state index contributed by atoms with van der Waals surface area (Å²) in [6.07, 6.45) is 4.54. The molecule has 0 saturated heterocycles. The van der Waals surface area contributed by atoms with Crippen LogP contribution in [0.4, 0.5) is 11.4 Å². The van der Waals surface area contributed by atoms with Crippen LogP contribution in [0.15, 0.2) is 60.9 Å². The quantitative estimate of drug-likeness (QED) is 0.470. The summed E-state index contributed by atoms with van der Waals surface area (Å²) in [7, 11) is 0. The van der Waals surface area contributed by atoms with Gasteiger partial charge in [-0.25, -0.2) is 0 Å². The van der Waals surface area contributed by atoms with Gasteiger partial charge < -0.3 is 21.2 Å². The molecule has 5 nitrogen and oxygen atoms in total. The Morgan fingerprint density at radius 1 is 1.08 bits per heavy atom. The number of nitrogens with one attached hydrogen (secondary N) is 1. The summed E-state index contributed by atoms with van der Waals surface area (Å²) in [5, 5.41) is 0. The summed E-state index contributed by atoms with van der Waals surface area (Å²) in [6.45, 7) is 2.06. The van der Waals surface area contributed by atoms with E-state index in [9.17, 15) is 4.79 Å². The van der Waals surface area contributed by atoms with E-state index < -0.39 is 0 Å². The fraction of sp³-hybridized carbons (Fsp3) is 0.150. The minimum Gasteiger partial charge on any atom is -0.486 e. The van der Waals surface area contributed by atoms with E-state index >= 15 is 0 Å². The largest absolute Gasteiger partial charge is 0.486 e. The lowest BCUT2D eigenvalue weighted by Gasteiger charge is -2.17. The van der Waals surface area contributed by atoms with Crippen LogP contribution >= 0.6 is 0 Å². The lowest BCUT2D eigenvalue weighted by molar-refractivity contribution is 0.103. The van der Waals surface area contributed by atoms with E-state index in [-0.39, 0.29) is 11.9 Å². The van der Waals surface area contributed by atoms with Gasteiger partial charge in [0.25, 0.3) is 0 Å². The molecule has 128 valence electrons. The maximum absolute atomic E-state index is 12.7. The van der Waals surface area contributed by atoms with Crippen LogP contribution in [-0.4, -0.2) is 10.8 Å². The Balaban J connectivity index is 1.83. The summed E-state index contributed by atoms with van der Waals surface area (Å²) in [6, 6.07) is 14.1. The number of ketones is 1. The van der Waals surface area contributed by atoms with Gasteiger partial charge in [0.2, 0.25) is 0 Å². The molecule has 1 heterocycles. The van der Waals surface area contributed by atoms with Crippen molar-refractivity contribution in [2.24, 2.45) is 0 Å². The molecule has 0 aliphatic carbocycles. The zero-order valence-electron chi connectivity index (χ0n) is 14.0. The molecular formula is C20H21N3O2. The summed E-state index contributed by atoms with van der Waals surface area (Å²) in [4.78, 5) is 15.7. The van der Waals surface area contributed by atoms with Crippen LogP contribution in [0.2, 0.25) is 0 Å². The molecule has 0 spiro atoms. The third-order valence-electron chi connectivity index (χ3n) is 4.09. The molecule has 5 heteroatoms. The minimum atomic E-state index is -0.119. The second-order valence-electron chi connectivity index (χ2n) is 5.86. The lowest BCUT2D eigenvalue weighted by atomic mass is 10.0. The first kappa shape index (κ1) is 16.6. The van der Waals surface area contributed by atoms with Crippen molar-refractivity contribution in [1.29, 1.82) is 0 Å². The number of rotatable bonds is 6. The van der Waals surface area contributed by atoms with Crippen molar-refractivity contribution in [3.8, 4) is 5.75 Å². The average Bonchev–Trinajstić information content (AvgIpc) is 3.16. The van der Waals surface area contributed by atoms with E-state index in [0.717, 1.165) is 12.0 Å². The fourth-order valence-corrected chi connectivity index (χ4v) is 2.68. The van der Waals surface area contributed by atoms with E-state index in [1.54, 1.807) is 30.3 Å². The maximum Gasteiger partial charge on any atom is 0.193 e. The van der Waals surface area contributed by atoms with Gasteiger partial charge in [-0.2, -0.15) is 0 Å². The average molecular weight is 335 g/mol. The maximum atomic E-state index is 12.7. The molecule has 0 radical (unpaired) electrons. The highest BCUT2D eigenvalue weighted by molar-refractivity contribution is 6.10. The van der Waals surface area contributed by atoms with Crippen LogP contribution in [0.5, 0.6) is 5.75 Å². The van der Waals surface area contributed by atoms with Gasteiger partial charge in [-0.05, 0) is 42.8 Å². The number of carbonyl (C=O) groups excluding carboxylic acids is 1. The first-order valence-electron chi connectivity index (χ1n) is 8.17. The van der Waals surface area contributed by atoms with Gasteiger partial charge in [-0.3, -0.25) is 4.79 Å². The third kappa shape index (κ3) is 3.66. The number of carbonyl (C=O) groups is 1. The number of aromatic nitrogens is 1. The first-order chi connectivity index (χ1) is 12.1. The van der Waals surface area contributed by atoms with Gasteiger partial charge in [0.05, 0.1) is 11.4 Å². The Morgan fingerprint density at radius 3 is 2.56 bits per heavy atom. The zero-order chi connectivity index (χ0) is 17.8. The predicted octanol–water partition coefficient (Wildman–Crippen LogP) is 3.94. The molecule has 2 aromatic carbocycles. The normalized spacial score (nSPS) is 11.9. The van der Waals surface area contributed by atoms with Gasteiger partial charge in [-0.15, -0.1) is 0 Å². The number of nitrogens with two attached hydrogens (primary N) is 2. The number of hydrogen-bond donors (Lipinski definition) is 3. The van der Waals surface area contributed by atoms with E-state index in [0.29, 0.717) is 28.3 Å². The monoisotopic (exact) mass is 335 g/mol. The Kier molecular flexibility index (Phi) is 4.75. The Bertz CT molecular complexity index is 872. The third-order valence-corrected chi connectivity index (χ3v) is 4.09. The van der Waals surface area contributed by atoms with Gasteiger partial charge in [-0.1, -0.05) is 19.1 Å². The number of aromatic amines is 1. The highest BCUT2D eigenvalue weighted by Crippen LogP contribution is 2.26. The molecule has 3 rings (SSSR count). The molecule has 0 bridgehead atoms. The zero-order valence-corrected chi connectivity index (χ0v) is 14.0. The van der Waals surface area contributed by atoms with Crippen molar-refractivity contribution < 1.29 is 9.53 Å². The molecule has 0 aliphatic heterocycles. The highest BCUT2D eigenvalue weighted by Gasteiger charge is 2.14. The number of anilines is 2. The molecule has 5 N–H and O–H groups in total. The van der Waals surface area contributed by atoms with Crippen molar-refractivity contribution in [3.63, 3.8) is 0 Å². The minimum absolute atomic E-state index is 0.0660. The van der Waals surface area contributed by atoms with Crippen LogP contribution < -0.4 is 16.2 Å². The summed E-state index contributed by atoms with van der Waals surface area (Å²) >= 11 is 0. The Hall–Kier alpha value is -3.21. The molecule has 1 unspecified atom stereocenters. The molecule has 0 aliphatic rings. The lowest BCUT2D eigenvalue weighted by Crippen LogP contribution is -2.07. The molecule has 0 amide bonds. The van der Waals surface area contributed by atoms with Crippen LogP contribution in [0.3, 0.4) is 0 Å². The van der Waals surface area contributed by atoms with Crippen LogP contribution in [0, 0.1) is 0 Å². The first-order valence-corrected chi connectivity index (χ1v) is 8.17. The van der Waals surface area contributed by atoms with E-state index in [1.807, 2.05) is 30.6 Å². The van der Waals surface area contributed by atoms with Crippen LogP contribution in [0.25, 0.3) is 0 Å². The Morgan fingerprint density at radius 2 is 1.88 bits per heavy atom. The standard InChI is InChI=1S/C20H21N3O2/c1-2-19(15-8-9-23-12-15)25-16-5-3-4-13(10-16)20(24)14-6-7-17(21)18(22)11-14/h3-12,19,23H,2,21-22H2,1H3. The number of benzene rings is 2. The Labute approximate surface area is 146 Å². The van der Waals surface area contributed by atoms with Crippen molar-refractivity contribution in [3.05, 3.63) is 77.6 Å². The van der Waals surface area contributed by atoms with Crippen molar-refractivity contribution >= 4 is 17.2 Å². The number of nitrogen functional groups attached to an aromatic ring is 2. The summed E-state index contributed by atoms with van der Waals surface area (Å²) in [5.74, 6) is 0.536. The van der Waals surface area contributed by atoms with Gasteiger partial charge in [0.15, 0.2) is 5.78 Å². The molecule has 1 aromatic heterocycles. The second kappa shape index (κ2) is 7.13. The fourth-order valence-electron chi connectivity index (χ4n) is 2.68. The molecule has 0 fully saturated rings. The smallest absolute Gasteiger partial charge is 0.193 e. The van der Waals surface area contributed by atoms with Crippen molar-refractivity contribution in [2.75, 3.05) is 11.5 Å². The summed E-state index contributed by atoms with van der Waals surface area (Å²) < 4.78 is 6.06. The van der Waals surface area contributed by atoms with Gasteiger partial charge >= 0.3 is 0 Å². The van der Waals surface area contributed by atoms with E-state index in [4.69, 9.17) is 16.2 Å². The van der Waals surface area contributed by atoms with Crippen LogP contribution in [0.1, 0.15) is 40.9 Å². The van der Waals surface area contributed by atoms with Crippen LogP contribution in [-0.2, 0) is 0 Å². The van der Waals surface area contributed by atoms with E-state index in [1.165, 1.54) is 0 Å². The molecule has 3 aromatic rings. The topological polar surface area (TPSA) is 94.1 Å². The molecular weight excluding hydrogens is 314 g/mol. The molecule has 0 saturated carbocycles. The SMILES string of the molecule is CCC(Oc1cccc(C(=O)c2ccc(N)c(N)c2)c1)c1cc[nH]c1. The number of ether oxygens (including phenoxy) is 1. The molecule has 1 atom stereocenters. The second-order valence-corrected chi connectivity index (χ2v) is 5.86. The van der Waals surface area contributed by atoms with Gasteiger partial charge in [0, 0.05) is 29.1 Å². The highest BCUT2D eigenvalue weighted by atomic mass is 16.5. The number of hydrogen-bond acceptors (Lipinski definition) is 4. The summed E-state index contributed by atoms with van der Waals surface area (Å²) in [5.41, 5.74) is 14.5. The van der Waals surface area contributed by atoms with Gasteiger partial charge in [0.1, 0.15) is 11.9 Å². The number of H-pyrrole nitrogens is 1.